The smallest absolute Gasteiger partial charge is 0.270 e. The summed E-state index contributed by atoms with van der Waals surface area (Å²) in [6.07, 6.45) is 10.5. The number of rotatable bonds is 8. The maximum Gasteiger partial charge on any atom is 0.270 e. The van der Waals surface area contributed by atoms with Crippen LogP contribution in [0.15, 0.2) is 30.6 Å². The largest absolute Gasteiger partial charge is 0.353 e. The van der Waals surface area contributed by atoms with Crippen LogP contribution in [0.25, 0.3) is 5.65 Å². The number of nitrogens with one attached hydrogen (secondary N) is 2. The molecule has 2 amide bonds. The number of hydrogen-bond acceptors (Lipinski definition) is 5. The first-order valence-corrected chi connectivity index (χ1v) is 13.4. The Balaban J connectivity index is 1.39. The van der Waals surface area contributed by atoms with Crippen LogP contribution in [0, 0.1) is 17.8 Å². The monoisotopic (exact) mass is 491 g/mol. The molecule has 9 nitrogen and oxygen atoms in total. The van der Waals surface area contributed by atoms with Gasteiger partial charge >= 0.3 is 0 Å². The molecule has 2 aliphatic rings. The van der Waals surface area contributed by atoms with Crippen LogP contribution in [0.3, 0.4) is 0 Å². The predicted octanol–water partition coefficient (Wildman–Crippen LogP) is 3.70. The van der Waals surface area contributed by atoms with Gasteiger partial charge in [-0.2, -0.15) is 10.2 Å². The summed E-state index contributed by atoms with van der Waals surface area (Å²) in [7, 11) is 0. The van der Waals surface area contributed by atoms with E-state index in [0.29, 0.717) is 30.5 Å². The van der Waals surface area contributed by atoms with E-state index in [-0.39, 0.29) is 29.8 Å². The maximum absolute atomic E-state index is 13.3. The van der Waals surface area contributed by atoms with Gasteiger partial charge in [0.2, 0.25) is 5.91 Å². The van der Waals surface area contributed by atoms with Gasteiger partial charge in [0, 0.05) is 31.1 Å². The van der Waals surface area contributed by atoms with Crippen molar-refractivity contribution in [2.24, 2.45) is 17.8 Å². The Bertz CT molecular complexity index is 1220. The topological polar surface area (TPSA) is 106 Å². The molecule has 2 N–H and O–H groups in total. The van der Waals surface area contributed by atoms with Crippen molar-refractivity contribution in [2.75, 3.05) is 0 Å². The molecule has 3 atom stereocenters. The average Bonchev–Trinajstić information content (AvgIpc) is 3.61. The third-order valence-corrected chi connectivity index (χ3v) is 8.01. The fourth-order valence-electron chi connectivity index (χ4n) is 5.77. The number of aromatic nitrogens is 5. The highest BCUT2D eigenvalue weighted by molar-refractivity contribution is 5.92. The van der Waals surface area contributed by atoms with Gasteiger partial charge in [0.15, 0.2) is 5.65 Å². The molecule has 36 heavy (non-hydrogen) atoms. The summed E-state index contributed by atoms with van der Waals surface area (Å²) in [5, 5.41) is 15.4. The summed E-state index contributed by atoms with van der Waals surface area (Å²) in [6.45, 7) is 7.02. The minimum Gasteiger partial charge on any atom is -0.353 e. The van der Waals surface area contributed by atoms with E-state index in [1.165, 1.54) is 0 Å². The molecule has 4 heterocycles. The van der Waals surface area contributed by atoms with E-state index in [0.717, 1.165) is 55.6 Å². The minimum atomic E-state index is -0.193. The van der Waals surface area contributed by atoms with Crippen molar-refractivity contribution in [1.29, 1.82) is 0 Å². The molecule has 1 aliphatic heterocycles. The second-order valence-electron chi connectivity index (χ2n) is 10.5. The van der Waals surface area contributed by atoms with Crippen LogP contribution in [-0.2, 0) is 17.8 Å². The zero-order valence-electron chi connectivity index (χ0n) is 21.5. The molecule has 0 bridgehead atoms. The number of imidazole rings is 1. The third-order valence-electron chi connectivity index (χ3n) is 8.01. The predicted molar refractivity (Wildman–Crippen MR) is 136 cm³/mol. The van der Waals surface area contributed by atoms with Crippen molar-refractivity contribution in [1.82, 2.24) is 35.0 Å². The van der Waals surface area contributed by atoms with E-state index in [4.69, 9.17) is 10.1 Å². The van der Waals surface area contributed by atoms with Gasteiger partial charge in [-0.25, -0.2) is 9.50 Å². The lowest BCUT2D eigenvalue weighted by molar-refractivity contribution is -0.122. The van der Waals surface area contributed by atoms with Gasteiger partial charge in [0.1, 0.15) is 5.69 Å². The number of carbonyl (C=O) groups excluding carboxylic acids is 2. The highest BCUT2D eigenvalue weighted by Gasteiger charge is 2.33. The van der Waals surface area contributed by atoms with Crippen LogP contribution in [0.4, 0.5) is 0 Å². The molecule has 1 unspecified atom stereocenters. The Morgan fingerprint density at radius 1 is 1.19 bits per heavy atom. The van der Waals surface area contributed by atoms with E-state index < -0.39 is 0 Å². The maximum atomic E-state index is 13.3. The first-order chi connectivity index (χ1) is 17.4. The van der Waals surface area contributed by atoms with Crippen LogP contribution < -0.4 is 10.6 Å². The van der Waals surface area contributed by atoms with E-state index in [2.05, 4.69) is 29.6 Å². The standard InChI is InChI=1S/C27H37N7O2/c1-4-20-14-19(26(35)29-20)15-21-10-11-24-30-22(16-34(24)32-21)25(18-8-6-17(3)7-9-18)31-27(36)23-12-13-28-33(23)5-2/h10-13,16-20,25H,4-9,14-15H2,1-3H3,(H,29,35)(H,31,36)/t17?,18?,19?,20-,25+/m1/s1. The molecule has 3 aromatic rings. The van der Waals surface area contributed by atoms with Gasteiger partial charge in [-0.3, -0.25) is 14.3 Å². The van der Waals surface area contributed by atoms with Crippen molar-refractivity contribution in [3.05, 3.63) is 47.7 Å². The molecule has 9 heteroatoms. The average molecular weight is 492 g/mol. The Morgan fingerprint density at radius 2 is 2.00 bits per heavy atom. The minimum absolute atomic E-state index is 0.0393. The summed E-state index contributed by atoms with van der Waals surface area (Å²) < 4.78 is 3.52. The van der Waals surface area contributed by atoms with Gasteiger partial charge in [-0.15, -0.1) is 0 Å². The van der Waals surface area contributed by atoms with Crippen molar-refractivity contribution in [3.63, 3.8) is 0 Å². The molecule has 0 spiro atoms. The second-order valence-corrected chi connectivity index (χ2v) is 10.5. The number of carbonyl (C=O) groups is 2. The summed E-state index contributed by atoms with van der Waals surface area (Å²) in [6, 6.07) is 5.76. The van der Waals surface area contributed by atoms with Gasteiger partial charge < -0.3 is 10.6 Å². The molecule has 1 saturated heterocycles. The quantitative estimate of drug-likeness (QED) is 0.500. The molecular formula is C27H37N7O2. The summed E-state index contributed by atoms with van der Waals surface area (Å²) in [4.78, 5) is 30.5. The normalized spacial score (nSPS) is 25.1. The number of hydrogen-bond donors (Lipinski definition) is 2. The van der Waals surface area contributed by atoms with Gasteiger partial charge in [0.25, 0.3) is 5.91 Å². The van der Waals surface area contributed by atoms with Crippen molar-refractivity contribution in [3.8, 4) is 0 Å². The molecule has 192 valence electrons. The van der Waals surface area contributed by atoms with Crippen molar-refractivity contribution >= 4 is 17.5 Å². The van der Waals surface area contributed by atoms with Gasteiger partial charge in [0.05, 0.1) is 23.6 Å². The summed E-state index contributed by atoms with van der Waals surface area (Å²) in [5.41, 5.74) is 3.02. The van der Waals surface area contributed by atoms with E-state index in [1.807, 2.05) is 25.3 Å². The van der Waals surface area contributed by atoms with E-state index in [1.54, 1.807) is 21.5 Å². The number of nitrogens with zero attached hydrogens (tertiary/aromatic N) is 5. The summed E-state index contributed by atoms with van der Waals surface area (Å²) >= 11 is 0. The Labute approximate surface area is 212 Å². The molecule has 3 aromatic heterocycles. The number of amides is 2. The van der Waals surface area contributed by atoms with Crippen LogP contribution in [-0.4, -0.2) is 42.2 Å². The van der Waals surface area contributed by atoms with Crippen LogP contribution >= 0.6 is 0 Å². The van der Waals surface area contributed by atoms with Crippen LogP contribution in [0.5, 0.6) is 0 Å². The van der Waals surface area contributed by atoms with Crippen molar-refractivity contribution < 1.29 is 9.59 Å². The Kier molecular flexibility index (Phi) is 7.07. The second kappa shape index (κ2) is 10.4. The molecule has 5 rings (SSSR count). The number of fused-ring (bicyclic) bond motifs is 1. The lowest BCUT2D eigenvalue weighted by Crippen LogP contribution is -2.36. The van der Waals surface area contributed by atoms with Gasteiger partial charge in [-0.05, 0) is 62.6 Å². The first kappa shape index (κ1) is 24.5. The lowest BCUT2D eigenvalue weighted by Gasteiger charge is -2.32. The summed E-state index contributed by atoms with van der Waals surface area (Å²) in [5.74, 6) is 0.991. The fourth-order valence-corrected chi connectivity index (χ4v) is 5.77. The highest BCUT2D eigenvalue weighted by Crippen LogP contribution is 2.37. The van der Waals surface area contributed by atoms with E-state index >= 15 is 0 Å². The molecule has 1 saturated carbocycles. The molecule has 1 aliphatic carbocycles. The zero-order valence-corrected chi connectivity index (χ0v) is 21.5. The Morgan fingerprint density at radius 3 is 2.72 bits per heavy atom. The van der Waals surface area contributed by atoms with Gasteiger partial charge in [-0.1, -0.05) is 26.7 Å². The molecule has 0 aromatic carbocycles. The molecule has 2 fully saturated rings. The van der Waals surface area contributed by atoms with E-state index in [9.17, 15) is 9.59 Å². The first-order valence-electron chi connectivity index (χ1n) is 13.4. The lowest BCUT2D eigenvalue weighted by atomic mass is 9.78. The zero-order chi connectivity index (χ0) is 25.2. The molecule has 0 radical (unpaired) electrons. The van der Waals surface area contributed by atoms with Crippen LogP contribution in [0.1, 0.15) is 87.2 Å². The Hall–Kier alpha value is -3.23. The highest BCUT2D eigenvalue weighted by atomic mass is 16.2. The molecular weight excluding hydrogens is 454 g/mol. The SMILES string of the molecule is CC[C@@H]1CC(Cc2ccc3nc([C@@H](NC(=O)c4ccnn4CC)C4CCC(C)CC4)cn3n2)C(=O)N1. The third kappa shape index (κ3) is 5.01. The number of aryl methyl sites for hydroxylation is 1. The fraction of sp³-hybridized carbons (Fsp3) is 0.593. The van der Waals surface area contributed by atoms with Crippen LogP contribution in [0.2, 0.25) is 0 Å². The van der Waals surface area contributed by atoms with Crippen molar-refractivity contribution in [2.45, 2.75) is 84.3 Å².